The number of aromatic nitrogens is 1. The molecular formula is C8H9NO2. The number of allylic oxidation sites excluding steroid dienone is 1. The lowest BCUT2D eigenvalue weighted by molar-refractivity contribution is 0.350. The van der Waals surface area contributed by atoms with Crippen molar-refractivity contribution in [2.75, 3.05) is 0 Å². The summed E-state index contributed by atoms with van der Waals surface area (Å²) in [5.74, 6) is -0.0799. The summed E-state index contributed by atoms with van der Waals surface area (Å²) in [5, 5.41) is 17.2. The third kappa shape index (κ3) is 2.29. The van der Waals surface area contributed by atoms with E-state index < -0.39 is 0 Å². The highest BCUT2D eigenvalue weighted by Crippen LogP contribution is 2.00. The minimum atomic E-state index is -0.0799. The Kier molecular flexibility index (Phi) is 2.49. The Bertz CT molecular complexity index is 244. The molecular weight excluding hydrogens is 142 g/mol. The van der Waals surface area contributed by atoms with Crippen molar-refractivity contribution in [3.63, 3.8) is 0 Å². The van der Waals surface area contributed by atoms with Gasteiger partial charge in [0.15, 0.2) is 0 Å². The van der Waals surface area contributed by atoms with E-state index >= 15 is 0 Å². The molecule has 11 heavy (non-hydrogen) atoms. The fourth-order valence-corrected chi connectivity index (χ4v) is 0.734. The number of pyridine rings is 1. The van der Waals surface area contributed by atoms with E-state index in [4.69, 9.17) is 10.2 Å². The van der Waals surface area contributed by atoms with Gasteiger partial charge in [0.05, 0.1) is 6.42 Å². The molecule has 3 heteroatoms. The highest BCUT2D eigenvalue weighted by molar-refractivity contribution is 5.09. The lowest BCUT2D eigenvalue weighted by Crippen LogP contribution is -1.91. The van der Waals surface area contributed by atoms with Gasteiger partial charge in [0.2, 0.25) is 0 Å². The van der Waals surface area contributed by atoms with Gasteiger partial charge in [0, 0.05) is 11.9 Å². The van der Waals surface area contributed by atoms with Crippen molar-refractivity contribution in [3.8, 4) is 0 Å². The van der Waals surface area contributed by atoms with Gasteiger partial charge in [-0.1, -0.05) is 6.07 Å². The quantitative estimate of drug-likeness (QED) is 0.631. The fraction of sp³-hybridized carbons (Fsp3) is 0.125. The third-order valence-electron chi connectivity index (χ3n) is 1.24. The van der Waals surface area contributed by atoms with Crippen LogP contribution in [-0.4, -0.2) is 15.2 Å². The number of rotatable bonds is 2. The van der Waals surface area contributed by atoms with Crippen LogP contribution in [0.15, 0.2) is 36.4 Å². The fourth-order valence-electron chi connectivity index (χ4n) is 0.734. The van der Waals surface area contributed by atoms with Crippen LogP contribution in [0.4, 0.5) is 0 Å². The lowest BCUT2D eigenvalue weighted by Gasteiger charge is -1.96. The summed E-state index contributed by atoms with van der Waals surface area (Å²) in [4.78, 5) is 3.95. The van der Waals surface area contributed by atoms with E-state index in [1.165, 1.54) is 0 Å². The monoisotopic (exact) mass is 151 g/mol. The molecule has 0 radical (unpaired) electrons. The maximum Gasteiger partial charge on any atom is 0.132 e. The van der Waals surface area contributed by atoms with Crippen molar-refractivity contribution in [1.82, 2.24) is 4.98 Å². The zero-order valence-corrected chi connectivity index (χ0v) is 5.94. The van der Waals surface area contributed by atoms with Gasteiger partial charge in [-0.05, 0) is 12.1 Å². The first-order valence-electron chi connectivity index (χ1n) is 3.25. The van der Waals surface area contributed by atoms with Crippen LogP contribution >= 0.6 is 0 Å². The van der Waals surface area contributed by atoms with E-state index in [2.05, 4.69) is 4.98 Å². The van der Waals surface area contributed by atoms with Gasteiger partial charge in [0.1, 0.15) is 12.0 Å². The summed E-state index contributed by atoms with van der Waals surface area (Å²) >= 11 is 0. The maximum absolute atomic E-state index is 8.88. The van der Waals surface area contributed by atoms with Crippen molar-refractivity contribution in [1.29, 1.82) is 0 Å². The Labute approximate surface area is 64.6 Å². The molecule has 0 amide bonds. The van der Waals surface area contributed by atoms with Gasteiger partial charge < -0.3 is 10.2 Å². The molecule has 1 rings (SSSR count). The lowest BCUT2D eigenvalue weighted by atomic mass is 10.2. The van der Waals surface area contributed by atoms with E-state index in [1.807, 2.05) is 6.07 Å². The Morgan fingerprint density at radius 3 is 2.91 bits per heavy atom. The molecule has 0 aliphatic heterocycles. The molecule has 1 aromatic heterocycles. The van der Waals surface area contributed by atoms with Crippen molar-refractivity contribution in [2.24, 2.45) is 0 Å². The molecule has 0 saturated heterocycles. The Balaban J connectivity index is 2.65. The molecule has 0 unspecified atom stereocenters. The average Bonchev–Trinajstić information content (AvgIpc) is 2.06. The average molecular weight is 151 g/mol. The molecule has 0 fully saturated rings. The zero-order valence-electron chi connectivity index (χ0n) is 5.94. The minimum absolute atomic E-state index is 0.0799. The molecule has 58 valence electrons. The van der Waals surface area contributed by atoms with Crippen LogP contribution in [0.5, 0.6) is 0 Å². The SMILES string of the molecule is O/C=C(\O)Cc1ccccn1. The highest BCUT2D eigenvalue weighted by Gasteiger charge is 1.95. The number of aliphatic hydroxyl groups is 2. The largest absolute Gasteiger partial charge is 0.512 e. The molecule has 1 aromatic rings. The number of hydrogen-bond donors (Lipinski definition) is 2. The van der Waals surface area contributed by atoms with Crippen LogP contribution in [0.25, 0.3) is 0 Å². The molecule has 0 aromatic carbocycles. The molecule has 1 heterocycles. The van der Waals surface area contributed by atoms with E-state index in [0.29, 0.717) is 6.26 Å². The zero-order chi connectivity index (χ0) is 8.10. The number of hydrogen-bond acceptors (Lipinski definition) is 3. The van der Waals surface area contributed by atoms with Crippen LogP contribution in [0, 0.1) is 0 Å². The van der Waals surface area contributed by atoms with E-state index in [-0.39, 0.29) is 12.2 Å². The predicted molar refractivity (Wildman–Crippen MR) is 41.3 cm³/mol. The standard InChI is InChI=1S/C8H9NO2/c10-6-8(11)5-7-3-1-2-4-9-7/h1-4,6,10-11H,5H2/b8-6-. The molecule has 0 spiro atoms. The number of aliphatic hydroxyl groups excluding tert-OH is 2. The second kappa shape index (κ2) is 3.61. The maximum atomic E-state index is 8.88. The van der Waals surface area contributed by atoms with Gasteiger partial charge in [-0.15, -0.1) is 0 Å². The van der Waals surface area contributed by atoms with E-state index in [9.17, 15) is 0 Å². The molecule has 0 atom stereocenters. The molecule has 0 aliphatic rings. The second-order valence-electron chi connectivity index (χ2n) is 2.12. The van der Waals surface area contributed by atoms with Gasteiger partial charge in [-0.25, -0.2) is 0 Å². The molecule has 3 nitrogen and oxygen atoms in total. The van der Waals surface area contributed by atoms with Crippen molar-refractivity contribution in [3.05, 3.63) is 42.1 Å². The smallest absolute Gasteiger partial charge is 0.132 e. The minimum Gasteiger partial charge on any atom is -0.512 e. The first-order chi connectivity index (χ1) is 5.33. The molecule has 0 saturated carbocycles. The summed E-state index contributed by atoms with van der Waals surface area (Å²) in [6, 6.07) is 5.40. The van der Waals surface area contributed by atoms with Gasteiger partial charge in [-0.2, -0.15) is 0 Å². The first kappa shape index (κ1) is 7.60. The summed E-state index contributed by atoms with van der Waals surface area (Å²) < 4.78 is 0. The van der Waals surface area contributed by atoms with Crippen LogP contribution in [0.1, 0.15) is 5.69 Å². The van der Waals surface area contributed by atoms with E-state index in [1.54, 1.807) is 18.3 Å². The van der Waals surface area contributed by atoms with E-state index in [0.717, 1.165) is 5.69 Å². The van der Waals surface area contributed by atoms with Crippen LogP contribution in [-0.2, 0) is 6.42 Å². The first-order valence-corrected chi connectivity index (χ1v) is 3.25. The summed E-state index contributed by atoms with van der Waals surface area (Å²) in [6.45, 7) is 0. The molecule has 0 aliphatic carbocycles. The Hall–Kier alpha value is -1.51. The Morgan fingerprint density at radius 2 is 2.36 bits per heavy atom. The second-order valence-corrected chi connectivity index (χ2v) is 2.12. The molecule has 2 N–H and O–H groups in total. The van der Waals surface area contributed by atoms with Crippen LogP contribution in [0.2, 0.25) is 0 Å². The topological polar surface area (TPSA) is 53.4 Å². The normalized spacial score (nSPS) is 11.5. The molecule has 0 bridgehead atoms. The van der Waals surface area contributed by atoms with Crippen LogP contribution < -0.4 is 0 Å². The summed E-state index contributed by atoms with van der Waals surface area (Å²) in [6.07, 6.45) is 2.59. The summed E-state index contributed by atoms with van der Waals surface area (Å²) in [5.41, 5.74) is 0.732. The highest BCUT2D eigenvalue weighted by atomic mass is 16.3. The predicted octanol–water partition coefficient (Wildman–Crippen LogP) is 1.58. The Morgan fingerprint density at radius 1 is 1.55 bits per heavy atom. The van der Waals surface area contributed by atoms with Gasteiger partial charge in [-0.3, -0.25) is 4.98 Å². The van der Waals surface area contributed by atoms with Gasteiger partial charge in [0.25, 0.3) is 0 Å². The van der Waals surface area contributed by atoms with Crippen molar-refractivity contribution >= 4 is 0 Å². The van der Waals surface area contributed by atoms with Crippen molar-refractivity contribution < 1.29 is 10.2 Å². The van der Waals surface area contributed by atoms with Crippen molar-refractivity contribution in [2.45, 2.75) is 6.42 Å². The third-order valence-corrected chi connectivity index (χ3v) is 1.24. The van der Waals surface area contributed by atoms with Crippen LogP contribution in [0.3, 0.4) is 0 Å². The summed E-state index contributed by atoms with van der Waals surface area (Å²) in [7, 11) is 0. The van der Waals surface area contributed by atoms with Gasteiger partial charge >= 0.3 is 0 Å². The number of nitrogens with zero attached hydrogens (tertiary/aromatic N) is 1.